The van der Waals surface area contributed by atoms with Crippen LogP contribution in [0.1, 0.15) is 18.1 Å². The van der Waals surface area contributed by atoms with Crippen LogP contribution in [-0.4, -0.2) is 32.2 Å². The van der Waals surface area contributed by atoms with Gasteiger partial charge in [-0.3, -0.25) is 9.59 Å². The summed E-state index contributed by atoms with van der Waals surface area (Å²) in [7, 11) is 0. The smallest absolute Gasteiger partial charge is 0.234 e. The van der Waals surface area contributed by atoms with Crippen LogP contribution in [0.2, 0.25) is 0 Å². The highest BCUT2D eigenvalue weighted by molar-refractivity contribution is 8.00. The van der Waals surface area contributed by atoms with Crippen molar-refractivity contribution in [2.45, 2.75) is 25.8 Å². The zero-order valence-electron chi connectivity index (χ0n) is 18.0. The van der Waals surface area contributed by atoms with Gasteiger partial charge in [-0.15, -0.1) is 0 Å². The summed E-state index contributed by atoms with van der Waals surface area (Å²) in [6.45, 7) is 5.63. The summed E-state index contributed by atoms with van der Waals surface area (Å²) in [6, 6.07) is 15.3. The summed E-state index contributed by atoms with van der Waals surface area (Å²) < 4.78 is 1.79. The Balaban J connectivity index is 1.45. The van der Waals surface area contributed by atoms with Crippen molar-refractivity contribution in [1.82, 2.24) is 14.6 Å². The van der Waals surface area contributed by atoms with Gasteiger partial charge < -0.3 is 10.6 Å². The Labute approximate surface area is 190 Å². The van der Waals surface area contributed by atoms with Gasteiger partial charge in [-0.1, -0.05) is 23.9 Å². The average molecular weight is 446 g/mol. The van der Waals surface area contributed by atoms with Crippen molar-refractivity contribution in [1.29, 1.82) is 0 Å². The van der Waals surface area contributed by atoms with Crippen LogP contribution in [0.25, 0.3) is 16.8 Å². The topological polar surface area (TPSA) is 88.4 Å². The molecule has 7 nitrogen and oxygen atoms in total. The normalized spacial score (nSPS) is 10.8. The molecule has 0 aliphatic heterocycles. The predicted molar refractivity (Wildman–Crippen MR) is 128 cm³/mol. The Morgan fingerprint density at radius 1 is 0.969 bits per heavy atom. The van der Waals surface area contributed by atoms with Crippen molar-refractivity contribution < 1.29 is 9.59 Å². The van der Waals surface area contributed by atoms with Crippen LogP contribution in [-0.2, 0) is 9.59 Å². The van der Waals surface area contributed by atoms with Crippen molar-refractivity contribution in [2.75, 3.05) is 16.4 Å². The maximum Gasteiger partial charge on any atom is 0.234 e. The molecule has 2 N–H and O–H groups in total. The number of nitrogens with one attached hydrogen (secondary N) is 2. The van der Waals surface area contributed by atoms with Gasteiger partial charge in [-0.05, 0) is 61.4 Å². The summed E-state index contributed by atoms with van der Waals surface area (Å²) in [5, 5.41) is 11.0. The Hall–Kier alpha value is -3.65. The van der Waals surface area contributed by atoms with Crippen molar-refractivity contribution >= 4 is 40.5 Å². The van der Waals surface area contributed by atoms with E-state index in [0.29, 0.717) is 11.4 Å². The number of rotatable bonds is 6. The van der Waals surface area contributed by atoms with Crippen LogP contribution in [0.5, 0.6) is 0 Å². The second-order valence-corrected chi connectivity index (χ2v) is 8.45. The molecule has 162 valence electrons. The minimum Gasteiger partial charge on any atom is -0.326 e. The first-order valence-corrected chi connectivity index (χ1v) is 11.1. The lowest BCUT2D eigenvalue weighted by Gasteiger charge is -2.07. The number of fused-ring (bicyclic) bond motifs is 1. The summed E-state index contributed by atoms with van der Waals surface area (Å²) in [5.41, 5.74) is 6.58. The standard InChI is InChI=1S/C24H23N5O2S/c1-15-4-5-18(12-16(15)2)21-13-22-24(25-10-11-29(22)28-21)32-14-23(31)27-20-8-6-19(7-9-20)26-17(3)30/h4-13H,14H2,1-3H3,(H,26,30)(H,27,31). The maximum absolute atomic E-state index is 12.4. The molecule has 32 heavy (non-hydrogen) atoms. The zero-order chi connectivity index (χ0) is 22.7. The minimum absolute atomic E-state index is 0.139. The minimum atomic E-state index is -0.139. The van der Waals surface area contributed by atoms with Crippen LogP contribution in [0, 0.1) is 13.8 Å². The van der Waals surface area contributed by atoms with E-state index in [1.807, 2.05) is 6.07 Å². The summed E-state index contributed by atoms with van der Waals surface area (Å²) in [6.07, 6.45) is 3.49. The van der Waals surface area contributed by atoms with Crippen LogP contribution in [0.3, 0.4) is 0 Å². The third-order valence-corrected chi connectivity index (χ3v) is 5.98. The molecule has 2 amide bonds. The first-order chi connectivity index (χ1) is 15.4. The van der Waals surface area contributed by atoms with Crippen LogP contribution in [0.4, 0.5) is 11.4 Å². The van der Waals surface area contributed by atoms with E-state index < -0.39 is 0 Å². The van der Waals surface area contributed by atoms with E-state index in [1.54, 1.807) is 41.2 Å². The number of amides is 2. The Kier molecular flexibility index (Phi) is 6.23. The molecule has 4 rings (SSSR count). The van der Waals surface area contributed by atoms with E-state index in [-0.39, 0.29) is 17.6 Å². The van der Waals surface area contributed by atoms with Gasteiger partial charge in [0.1, 0.15) is 5.03 Å². The fraction of sp³-hybridized carbons (Fsp3) is 0.167. The van der Waals surface area contributed by atoms with Gasteiger partial charge in [-0.2, -0.15) is 5.10 Å². The highest BCUT2D eigenvalue weighted by Gasteiger charge is 2.12. The number of hydrogen-bond donors (Lipinski definition) is 2. The summed E-state index contributed by atoms with van der Waals surface area (Å²) in [4.78, 5) is 28.0. The van der Waals surface area contributed by atoms with E-state index in [9.17, 15) is 9.59 Å². The number of anilines is 2. The third kappa shape index (κ3) is 4.97. The molecule has 0 unspecified atom stereocenters. The highest BCUT2D eigenvalue weighted by atomic mass is 32.2. The van der Waals surface area contributed by atoms with Gasteiger partial charge in [0, 0.05) is 36.3 Å². The molecule has 0 saturated heterocycles. The Morgan fingerprint density at radius 3 is 2.38 bits per heavy atom. The van der Waals surface area contributed by atoms with E-state index in [4.69, 9.17) is 0 Å². The summed E-state index contributed by atoms with van der Waals surface area (Å²) in [5.74, 6) is -0.0649. The number of carbonyl (C=O) groups is 2. The second kappa shape index (κ2) is 9.23. The van der Waals surface area contributed by atoms with E-state index in [2.05, 4.69) is 52.8 Å². The van der Waals surface area contributed by atoms with Crippen LogP contribution in [0.15, 0.2) is 66.0 Å². The molecule has 0 bridgehead atoms. The molecule has 0 saturated carbocycles. The van der Waals surface area contributed by atoms with Gasteiger partial charge in [0.15, 0.2) is 0 Å². The molecule has 2 aromatic carbocycles. The monoisotopic (exact) mass is 445 g/mol. The molecule has 0 radical (unpaired) electrons. The molecule has 0 fully saturated rings. The van der Waals surface area contributed by atoms with Gasteiger partial charge in [0.2, 0.25) is 11.8 Å². The fourth-order valence-electron chi connectivity index (χ4n) is 3.22. The molecule has 2 heterocycles. The third-order valence-electron chi connectivity index (χ3n) is 4.99. The zero-order valence-corrected chi connectivity index (χ0v) is 18.9. The quantitative estimate of drug-likeness (QED) is 0.420. The van der Waals surface area contributed by atoms with Gasteiger partial charge >= 0.3 is 0 Å². The molecule has 8 heteroatoms. The average Bonchev–Trinajstić information content (AvgIpc) is 3.20. The molecule has 4 aromatic rings. The molecule has 0 aliphatic carbocycles. The van der Waals surface area contributed by atoms with E-state index >= 15 is 0 Å². The first-order valence-electron chi connectivity index (χ1n) is 10.1. The number of aryl methyl sites for hydroxylation is 2. The van der Waals surface area contributed by atoms with E-state index in [1.165, 1.54) is 29.8 Å². The number of hydrogen-bond acceptors (Lipinski definition) is 5. The van der Waals surface area contributed by atoms with Gasteiger partial charge in [-0.25, -0.2) is 9.50 Å². The largest absolute Gasteiger partial charge is 0.326 e. The van der Waals surface area contributed by atoms with Crippen molar-refractivity contribution in [3.63, 3.8) is 0 Å². The van der Waals surface area contributed by atoms with Crippen LogP contribution < -0.4 is 10.6 Å². The summed E-state index contributed by atoms with van der Waals surface area (Å²) >= 11 is 1.36. The van der Waals surface area contributed by atoms with Crippen molar-refractivity contribution in [2.24, 2.45) is 0 Å². The Bertz CT molecular complexity index is 1300. The molecule has 0 atom stereocenters. The number of nitrogens with zero attached hydrogens (tertiary/aromatic N) is 3. The van der Waals surface area contributed by atoms with Gasteiger partial charge in [0.05, 0.1) is 17.0 Å². The van der Waals surface area contributed by atoms with E-state index in [0.717, 1.165) is 21.8 Å². The number of aromatic nitrogens is 3. The SMILES string of the molecule is CC(=O)Nc1ccc(NC(=O)CSc2nccn3nc(-c4ccc(C)c(C)c4)cc23)cc1. The number of benzene rings is 2. The highest BCUT2D eigenvalue weighted by Crippen LogP contribution is 2.27. The molecule has 0 spiro atoms. The van der Waals surface area contributed by atoms with Crippen molar-refractivity contribution in [3.05, 3.63) is 72.1 Å². The number of carbonyl (C=O) groups excluding carboxylic acids is 2. The maximum atomic E-state index is 12.4. The lowest BCUT2D eigenvalue weighted by molar-refractivity contribution is -0.114. The molecule has 2 aromatic heterocycles. The predicted octanol–water partition coefficient (Wildman–Crippen LogP) is 4.70. The van der Waals surface area contributed by atoms with Gasteiger partial charge in [0.25, 0.3) is 0 Å². The fourth-order valence-corrected chi connectivity index (χ4v) is 4.00. The first kappa shape index (κ1) is 21.6. The molecular formula is C24H23N5O2S. The number of thioether (sulfide) groups is 1. The lowest BCUT2D eigenvalue weighted by atomic mass is 10.0. The lowest BCUT2D eigenvalue weighted by Crippen LogP contribution is -2.14. The van der Waals surface area contributed by atoms with Crippen molar-refractivity contribution in [3.8, 4) is 11.3 Å². The molecule has 0 aliphatic rings. The Morgan fingerprint density at radius 2 is 1.69 bits per heavy atom. The molecular weight excluding hydrogens is 422 g/mol. The second-order valence-electron chi connectivity index (χ2n) is 7.49. The van der Waals surface area contributed by atoms with Crippen LogP contribution >= 0.6 is 11.8 Å².